The van der Waals surface area contributed by atoms with Gasteiger partial charge in [-0.2, -0.15) is 0 Å². The number of piperazine rings is 1. The molecule has 0 bridgehead atoms. The number of rotatable bonds is 5. The molecule has 0 spiro atoms. The van der Waals surface area contributed by atoms with Crippen molar-refractivity contribution in [2.75, 3.05) is 45.3 Å². The van der Waals surface area contributed by atoms with E-state index in [4.69, 9.17) is 9.47 Å². The summed E-state index contributed by atoms with van der Waals surface area (Å²) in [6.45, 7) is 2.41. The van der Waals surface area contributed by atoms with Crippen molar-refractivity contribution in [2.45, 2.75) is 6.42 Å². The molecule has 1 fully saturated rings. The third-order valence-electron chi connectivity index (χ3n) is 4.63. The lowest BCUT2D eigenvalue weighted by molar-refractivity contribution is -0.130. The summed E-state index contributed by atoms with van der Waals surface area (Å²) < 4.78 is 24.4. The van der Waals surface area contributed by atoms with Gasteiger partial charge in [0, 0.05) is 26.2 Å². The van der Waals surface area contributed by atoms with Crippen molar-refractivity contribution < 1.29 is 18.7 Å². The second-order valence-electron chi connectivity index (χ2n) is 6.19. The van der Waals surface area contributed by atoms with E-state index in [2.05, 4.69) is 0 Å². The fourth-order valence-electron chi connectivity index (χ4n) is 3.18. The van der Waals surface area contributed by atoms with Crippen LogP contribution in [0.15, 0.2) is 42.5 Å². The highest BCUT2D eigenvalue weighted by molar-refractivity contribution is 5.79. The third-order valence-corrected chi connectivity index (χ3v) is 4.63. The van der Waals surface area contributed by atoms with Crippen LogP contribution in [0.25, 0.3) is 0 Å². The van der Waals surface area contributed by atoms with Gasteiger partial charge in [0.25, 0.3) is 0 Å². The lowest BCUT2D eigenvalue weighted by atomic mass is 10.1. The van der Waals surface area contributed by atoms with Crippen molar-refractivity contribution in [1.82, 2.24) is 4.90 Å². The van der Waals surface area contributed by atoms with Crippen LogP contribution in [-0.4, -0.2) is 51.2 Å². The van der Waals surface area contributed by atoms with E-state index in [1.165, 1.54) is 6.07 Å². The topological polar surface area (TPSA) is 42.0 Å². The Hall–Kier alpha value is -2.76. The van der Waals surface area contributed by atoms with E-state index >= 15 is 0 Å². The van der Waals surface area contributed by atoms with E-state index in [-0.39, 0.29) is 11.7 Å². The van der Waals surface area contributed by atoms with Gasteiger partial charge in [0.1, 0.15) is 5.82 Å². The standard InChI is InChI=1S/C20H23FN2O3/c1-25-18-8-7-15(13-19(18)26-2)14-20(24)23-11-9-22(10-12-23)17-6-4-3-5-16(17)21/h3-8,13H,9-12,14H2,1-2H3. The summed E-state index contributed by atoms with van der Waals surface area (Å²) in [4.78, 5) is 16.4. The number of nitrogens with zero attached hydrogens (tertiary/aromatic N) is 2. The van der Waals surface area contributed by atoms with Gasteiger partial charge in [0.2, 0.25) is 5.91 Å². The second kappa shape index (κ2) is 8.08. The van der Waals surface area contributed by atoms with Crippen LogP contribution >= 0.6 is 0 Å². The summed E-state index contributed by atoms with van der Waals surface area (Å²) >= 11 is 0. The molecule has 1 aliphatic rings. The highest BCUT2D eigenvalue weighted by Gasteiger charge is 2.23. The van der Waals surface area contributed by atoms with Gasteiger partial charge < -0.3 is 19.3 Å². The minimum Gasteiger partial charge on any atom is -0.493 e. The van der Waals surface area contributed by atoms with Crippen LogP contribution in [0.3, 0.4) is 0 Å². The quantitative estimate of drug-likeness (QED) is 0.824. The lowest BCUT2D eigenvalue weighted by Gasteiger charge is -2.36. The molecular formula is C20H23FN2O3. The highest BCUT2D eigenvalue weighted by atomic mass is 19.1. The molecule has 0 saturated carbocycles. The van der Waals surface area contributed by atoms with Gasteiger partial charge >= 0.3 is 0 Å². The summed E-state index contributed by atoms with van der Waals surface area (Å²) in [6, 6.07) is 12.2. The number of carbonyl (C=O) groups is 1. The van der Waals surface area contributed by atoms with E-state index in [1.54, 1.807) is 32.4 Å². The molecule has 26 heavy (non-hydrogen) atoms. The number of hydrogen-bond acceptors (Lipinski definition) is 4. The number of carbonyl (C=O) groups excluding carboxylic acids is 1. The molecule has 0 unspecified atom stereocenters. The second-order valence-corrected chi connectivity index (χ2v) is 6.19. The largest absolute Gasteiger partial charge is 0.493 e. The molecule has 1 amide bonds. The summed E-state index contributed by atoms with van der Waals surface area (Å²) in [5.74, 6) is 1.09. The Morgan fingerprint density at radius 2 is 1.69 bits per heavy atom. The fourth-order valence-corrected chi connectivity index (χ4v) is 3.18. The Kier molecular flexibility index (Phi) is 5.61. The fraction of sp³-hybridized carbons (Fsp3) is 0.350. The van der Waals surface area contributed by atoms with Gasteiger partial charge in [0.15, 0.2) is 11.5 Å². The monoisotopic (exact) mass is 358 g/mol. The van der Waals surface area contributed by atoms with Crippen molar-refractivity contribution in [3.63, 3.8) is 0 Å². The smallest absolute Gasteiger partial charge is 0.227 e. The predicted molar refractivity (Wildman–Crippen MR) is 98.4 cm³/mol. The third kappa shape index (κ3) is 3.90. The predicted octanol–water partition coefficient (Wildman–Crippen LogP) is 2.73. The number of amides is 1. The Morgan fingerprint density at radius 1 is 1.00 bits per heavy atom. The van der Waals surface area contributed by atoms with Crippen molar-refractivity contribution >= 4 is 11.6 Å². The molecule has 1 aliphatic heterocycles. The maximum atomic E-state index is 13.9. The molecule has 0 aliphatic carbocycles. The van der Waals surface area contributed by atoms with Crippen LogP contribution in [0, 0.1) is 5.82 Å². The highest BCUT2D eigenvalue weighted by Crippen LogP contribution is 2.28. The van der Waals surface area contributed by atoms with Crippen molar-refractivity contribution in [3.05, 3.63) is 53.8 Å². The number of benzene rings is 2. The van der Waals surface area contributed by atoms with Gasteiger partial charge in [-0.15, -0.1) is 0 Å². The number of hydrogen-bond donors (Lipinski definition) is 0. The molecule has 1 saturated heterocycles. The van der Waals surface area contributed by atoms with Crippen LogP contribution in [0.2, 0.25) is 0 Å². The lowest BCUT2D eigenvalue weighted by Crippen LogP contribution is -2.49. The summed E-state index contributed by atoms with van der Waals surface area (Å²) in [5, 5.41) is 0. The van der Waals surface area contributed by atoms with Crippen LogP contribution in [0.4, 0.5) is 10.1 Å². The Labute approximate surface area is 152 Å². The minimum absolute atomic E-state index is 0.0606. The summed E-state index contributed by atoms with van der Waals surface area (Å²) in [5.41, 5.74) is 1.48. The number of ether oxygens (including phenoxy) is 2. The molecule has 0 atom stereocenters. The maximum absolute atomic E-state index is 13.9. The molecule has 2 aromatic rings. The van der Waals surface area contributed by atoms with Crippen molar-refractivity contribution in [1.29, 1.82) is 0 Å². The molecule has 138 valence electrons. The Morgan fingerprint density at radius 3 is 2.35 bits per heavy atom. The van der Waals surface area contributed by atoms with Crippen molar-refractivity contribution in [3.8, 4) is 11.5 Å². The van der Waals surface area contributed by atoms with Crippen molar-refractivity contribution in [2.24, 2.45) is 0 Å². The van der Waals surface area contributed by atoms with Crippen LogP contribution < -0.4 is 14.4 Å². The zero-order valence-corrected chi connectivity index (χ0v) is 15.1. The van der Waals surface area contributed by atoms with Crippen LogP contribution in [0.5, 0.6) is 11.5 Å². The van der Waals surface area contributed by atoms with Gasteiger partial charge in [-0.1, -0.05) is 18.2 Å². The molecule has 3 rings (SSSR count). The van der Waals surface area contributed by atoms with Crippen LogP contribution in [-0.2, 0) is 11.2 Å². The first-order valence-corrected chi connectivity index (χ1v) is 8.60. The average Bonchev–Trinajstić information content (AvgIpc) is 2.68. The molecule has 1 heterocycles. The SMILES string of the molecule is COc1ccc(CC(=O)N2CCN(c3ccccc3F)CC2)cc1OC. The number of para-hydroxylation sites is 1. The molecule has 5 nitrogen and oxygen atoms in total. The zero-order valence-electron chi connectivity index (χ0n) is 15.1. The van der Waals surface area contributed by atoms with Gasteiger partial charge in [-0.05, 0) is 29.8 Å². The molecule has 0 radical (unpaired) electrons. The van der Waals surface area contributed by atoms with E-state index < -0.39 is 0 Å². The minimum atomic E-state index is -0.224. The Balaban J connectivity index is 1.60. The number of anilines is 1. The zero-order chi connectivity index (χ0) is 18.5. The summed E-state index contributed by atoms with van der Waals surface area (Å²) in [6.07, 6.45) is 0.306. The normalized spacial score (nSPS) is 14.3. The first kappa shape index (κ1) is 18.0. The van der Waals surface area contributed by atoms with Crippen LogP contribution in [0.1, 0.15) is 5.56 Å². The molecule has 0 N–H and O–H groups in total. The Bertz CT molecular complexity index is 773. The van der Waals surface area contributed by atoms with E-state index in [0.717, 1.165) is 5.56 Å². The molecule has 2 aromatic carbocycles. The first-order valence-electron chi connectivity index (χ1n) is 8.60. The first-order chi connectivity index (χ1) is 12.6. The van der Waals surface area contributed by atoms with Gasteiger partial charge in [-0.3, -0.25) is 4.79 Å². The summed E-state index contributed by atoms with van der Waals surface area (Å²) in [7, 11) is 3.16. The molecule has 6 heteroatoms. The van der Waals surface area contributed by atoms with E-state index in [9.17, 15) is 9.18 Å². The van der Waals surface area contributed by atoms with E-state index in [0.29, 0.717) is 49.8 Å². The maximum Gasteiger partial charge on any atom is 0.227 e. The average molecular weight is 358 g/mol. The van der Waals surface area contributed by atoms with Gasteiger partial charge in [-0.25, -0.2) is 4.39 Å². The van der Waals surface area contributed by atoms with Gasteiger partial charge in [0.05, 0.1) is 26.3 Å². The molecule has 0 aromatic heterocycles. The van der Waals surface area contributed by atoms with E-state index in [1.807, 2.05) is 28.0 Å². The molecular weight excluding hydrogens is 335 g/mol. The number of methoxy groups -OCH3 is 2. The number of halogens is 1.